The summed E-state index contributed by atoms with van der Waals surface area (Å²) in [5, 5.41) is 8.61. The van der Waals surface area contributed by atoms with E-state index >= 15 is 0 Å². The zero-order valence-electron chi connectivity index (χ0n) is 16.1. The van der Waals surface area contributed by atoms with Crippen LogP contribution in [0.25, 0.3) is 15.9 Å². The van der Waals surface area contributed by atoms with Gasteiger partial charge in [0.25, 0.3) is 0 Å². The molecule has 0 aliphatic heterocycles. The summed E-state index contributed by atoms with van der Waals surface area (Å²) in [4.78, 5) is 32.1. The van der Waals surface area contributed by atoms with Crippen LogP contribution in [0.1, 0.15) is 55.9 Å². The SMILES string of the molecule is C[C@@H]1CCc2c(sc3ncn4c(=O)n(CC(=O)NC5CCCCC5)nc4c23)C1. The summed E-state index contributed by atoms with van der Waals surface area (Å²) in [5.74, 6) is 0.544. The van der Waals surface area contributed by atoms with Gasteiger partial charge < -0.3 is 5.32 Å². The van der Waals surface area contributed by atoms with Gasteiger partial charge in [0.2, 0.25) is 5.91 Å². The highest BCUT2D eigenvalue weighted by molar-refractivity contribution is 7.19. The van der Waals surface area contributed by atoms with Gasteiger partial charge in [0.15, 0.2) is 5.65 Å². The van der Waals surface area contributed by atoms with Crippen LogP contribution >= 0.6 is 11.3 Å². The highest BCUT2D eigenvalue weighted by atomic mass is 32.1. The quantitative estimate of drug-likeness (QED) is 0.734. The fourth-order valence-electron chi connectivity index (χ4n) is 4.62. The van der Waals surface area contributed by atoms with Crippen molar-refractivity contribution in [3.8, 4) is 0 Å². The lowest BCUT2D eigenvalue weighted by molar-refractivity contribution is -0.122. The molecular weight excluding hydrogens is 374 g/mol. The number of nitrogens with zero attached hydrogens (tertiary/aromatic N) is 4. The Morgan fingerprint density at radius 1 is 1.29 bits per heavy atom. The number of hydrogen-bond acceptors (Lipinski definition) is 5. The van der Waals surface area contributed by atoms with Gasteiger partial charge in [-0.3, -0.25) is 4.79 Å². The van der Waals surface area contributed by atoms with Crippen LogP contribution in [0.2, 0.25) is 0 Å². The first-order valence-corrected chi connectivity index (χ1v) is 11.1. The molecular formula is C20H25N5O2S. The van der Waals surface area contributed by atoms with Gasteiger partial charge in [0, 0.05) is 10.9 Å². The highest BCUT2D eigenvalue weighted by Gasteiger charge is 2.24. The number of hydrogen-bond donors (Lipinski definition) is 1. The maximum atomic E-state index is 12.8. The molecule has 1 fully saturated rings. The number of fused-ring (bicyclic) bond motifs is 5. The Morgan fingerprint density at radius 3 is 2.93 bits per heavy atom. The lowest BCUT2D eigenvalue weighted by atomic mass is 9.89. The molecule has 8 heteroatoms. The fourth-order valence-corrected chi connectivity index (χ4v) is 5.97. The van der Waals surface area contributed by atoms with Crippen molar-refractivity contribution in [2.75, 3.05) is 0 Å². The van der Waals surface area contributed by atoms with Crippen molar-refractivity contribution in [2.45, 2.75) is 70.9 Å². The number of carbonyl (C=O) groups excluding carboxylic acids is 1. The smallest absolute Gasteiger partial charge is 0.352 e. The average Bonchev–Trinajstić information content (AvgIpc) is 3.19. The predicted molar refractivity (Wildman–Crippen MR) is 109 cm³/mol. The van der Waals surface area contributed by atoms with Crippen molar-refractivity contribution >= 4 is 33.1 Å². The third kappa shape index (κ3) is 3.03. The molecule has 1 amide bonds. The molecule has 3 aromatic rings. The Morgan fingerprint density at radius 2 is 2.11 bits per heavy atom. The molecule has 3 aromatic heterocycles. The standard InChI is InChI=1S/C20H25N5O2S/c1-12-7-8-14-15(9-12)28-19-17(14)18-23-25(20(27)24(18)11-21-19)10-16(26)22-13-5-3-2-4-6-13/h11-13H,2-10H2,1H3,(H,22,26)/t12-/m1/s1. The van der Waals surface area contributed by atoms with E-state index in [4.69, 9.17) is 0 Å². The van der Waals surface area contributed by atoms with Crippen LogP contribution in [-0.2, 0) is 24.2 Å². The van der Waals surface area contributed by atoms with Gasteiger partial charge in [-0.2, -0.15) is 0 Å². The van der Waals surface area contributed by atoms with E-state index in [1.807, 2.05) is 0 Å². The molecule has 0 aromatic carbocycles. The highest BCUT2D eigenvalue weighted by Crippen LogP contribution is 2.38. The molecule has 7 nitrogen and oxygen atoms in total. The number of rotatable bonds is 3. The number of nitrogens with one attached hydrogen (secondary N) is 1. The fraction of sp³-hybridized carbons (Fsp3) is 0.600. The first-order valence-electron chi connectivity index (χ1n) is 10.3. The Kier molecular flexibility index (Phi) is 4.45. The number of carbonyl (C=O) groups is 1. The number of aromatic nitrogens is 4. The van der Waals surface area contributed by atoms with Crippen LogP contribution in [-0.4, -0.2) is 31.1 Å². The maximum Gasteiger partial charge on any atom is 0.352 e. The van der Waals surface area contributed by atoms with Crippen molar-refractivity contribution in [1.82, 2.24) is 24.5 Å². The minimum atomic E-state index is -0.299. The van der Waals surface area contributed by atoms with Crippen molar-refractivity contribution < 1.29 is 4.79 Å². The van der Waals surface area contributed by atoms with E-state index in [-0.39, 0.29) is 24.2 Å². The molecule has 2 aliphatic carbocycles. The van der Waals surface area contributed by atoms with E-state index in [0.29, 0.717) is 11.6 Å². The molecule has 3 heterocycles. The molecule has 2 aliphatic rings. The Balaban J connectivity index is 1.49. The van der Waals surface area contributed by atoms with Crippen molar-refractivity contribution in [1.29, 1.82) is 0 Å². The first-order chi connectivity index (χ1) is 13.6. The molecule has 1 N–H and O–H groups in total. The van der Waals surface area contributed by atoms with Gasteiger partial charge in [-0.1, -0.05) is 26.2 Å². The van der Waals surface area contributed by atoms with Crippen molar-refractivity contribution in [3.05, 3.63) is 27.3 Å². The summed E-state index contributed by atoms with van der Waals surface area (Å²) in [6, 6.07) is 0.230. The summed E-state index contributed by atoms with van der Waals surface area (Å²) in [5.41, 5.74) is 1.62. The second-order valence-electron chi connectivity index (χ2n) is 8.31. The van der Waals surface area contributed by atoms with E-state index in [2.05, 4.69) is 22.3 Å². The summed E-state index contributed by atoms with van der Waals surface area (Å²) in [6.07, 6.45) is 10.4. The molecule has 0 unspecified atom stereocenters. The van der Waals surface area contributed by atoms with Crippen molar-refractivity contribution in [2.24, 2.45) is 5.92 Å². The second-order valence-corrected chi connectivity index (χ2v) is 9.40. The lowest BCUT2D eigenvalue weighted by Crippen LogP contribution is -2.40. The van der Waals surface area contributed by atoms with E-state index in [9.17, 15) is 9.59 Å². The topological polar surface area (TPSA) is 81.3 Å². The normalized spacial score (nSPS) is 20.5. The maximum absolute atomic E-state index is 12.8. The average molecular weight is 400 g/mol. The second kappa shape index (κ2) is 6.99. The number of thiophene rings is 1. The molecule has 28 heavy (non-hydrogen) atoms. The van der Waals surface area contributed by atoms with E-state index in [1.165, 1.54) is 25.9 Å². The van der Waals surface area contributed by atoms with Gasteiger partial charge in [-0.15, -0.1) is 16.4 Å². The predicted octanol–water partition coefficient (Wildman–Crippen LogP) is 2.68. The largest absolute Gasteiger partial charge is 0.352 e. The van der Waals surface area contributed by atoms with E-state index in [0.717, 1.165) is 55.2 Å². The number of amides is 1. The third-order valence-electron chi connectivity index (χ3n) is 6.14. The molecule has 148 valence electrons. The molecule has 0 radical (unpaired) electrons. The van der Waals surface area contributed by atoms with Crippen LogP contribution in [0.3, 0.4) is 0 Å². The molecule has 1 saturated carbocycles. The van der Waals surface area contributed by atoms with E-state index in [1.54, 1.807) is 17.7 Å². The monoisotopic (exact) mass is 399 g/mol. The molecule has 0 spiro atoms. The molecule has 0 saturated heterocycles. The van der Waals surface area contributed by atoms with Gasteiger partial charge in [-0.05, 0) is 43.6 Å². The van der Waals surface area contributed by atoms with Gasteiger partial charge in [0.1, 0.15) is 17.7 Å². The minimum Gasteiger partial charge on any atom is -0.352 e. The van der Waals surface area contributed by atoms with Crippen LogP contribution in [0, 0.1) is 5.92 Å². The summed E-state index contributed by atoms with van der Waals surface area (Å²) in [7, 11) is 0. The zero-order valence-corrected chi connectivity index (χ0v) is 16.9. The lowest BCUT2D eigenvalue weighted by Gasteiger charge is -2.22. The third-order valence-corrected chi connectivity index (χ3v) is 7.30. The molecule has 0 bridgehead atoms. The van der Waals surface area contributed by atoms with Gasteiger partial charge >= 0.3 is 5.69 Å². The summed E-state index contributed by atoms with van der Waals surface area (Å²) in [6.45, 7) is 2.24. The van der Waals surface area contributed by atoms with E-state index < -0.39 is 0 Å². The summed E-state index contributed by atoms with van der Waals surface area (Å²) >= 11 is 1.72. The Labute approximate surface area is 166 Å². The summed E-state index contributed by atoms with van der Waals surface area (Å²) < 4.78 is 2.77. The van der Waals surface area contributed by atoms with Crippen LogP contribution < -0.4 is 11.0 Å². The minimum absolute atomic E-state index is 0.0398. The zero-order chi connectivity index (χ0) is 19.3. The first kappa shape index (κ1) is 17.8. The van der Waals surface area contributed by atoms with Crippen LogP contribution in [0.5, 0.6) is 0 Å². The van der Waals surface area contributed by atoms with Crippen LogP contribution in [0.4, 0.5) is 0 Å². The van der Waals surface area contributed by atoms with Gasteiger partial charge in [0.05, 0.1) is 5.39 Å². The van der Waals surface area contributed by atoms with Crippen LogP contribution in [0.15, 0.2) is 11.1 Å². The Hall–Kier alpha value is -2.22. The molecule has 1 atom stereocenters. The van der Waals surface area contributed by atoms with Gasteiger partial charge in [-0.25, -0.2) is 18.9 Å². The number of aryl methyl sites for hydroxylation is 1. The molecule has 5 rings (SSSR count). The Bertz CT molecular complexity index is 1110. The van der Waals surface area contributed by atoms with Crippen molar-refractivity contribution in [3.63, 3.8) is 0 Å².